The molecule has 2 heterocycles. The second-order valence-corrected chi connectivity index (χ2v) is 11.6. The van der Waals surface area contributed by atoms with Gasteiger partial charge in [-0.3, -0.25) is 14.7 Å². The van der Waals surface area contributed by atoms with Crippen molar-refractivity contribution >= 4 is 54.0 Å². The van der Waals surface area contributed by atoms with E-state index in [9.17, 15) is 13.2 Å². The number of thiazole rings is 1. The summed E-state index contributed by atoms with van der Waals surface area (Å²) in [5, 5.41) is 1.07. The molecule has 1 amide bonds. The van der Waals surface area contributed by atoms with E-state index in [1.165, 1.54) is 23.5 Å². The molecule has 0 aliphatic heterocycles. The van der Waals surface area contributed by atoms with E-state index in [2.05, 4.69) is 11.1 Å². The van der Waals surface area contributed by atoms with Gasteiger partial charge in [-0.15, -0.1) is 0 Å². The highest BCUT2D eigenvalue weighted by Gasteiger charge is 2.23. The maximum Gasteiger partial charge on any atom is 0.229 e. The molecule has 2 aromatic carbocycles. The Labute approximate surface area is 208 Å². The van der Waals surface area contributed by atoms with Crippen LogP contribution in [0, 0.1) is 13.8 Å². The topological polar surface area (TPSA) is 80.2 Å². The zero-order valence-electron chi connectivity index (χ0n) is 18.9. The van der Waals surface area contributed by atoms with Gasteiger partial charge in [0.1, 0.15) is 0 Å². The number of hydrogen-bond donors (Lipinski definition) is 0. The molecule has 0 saturated heterocycles. The molecule has 0 unspecified atom stereocenters. The molecule has 0 spiro atoms. The highest BCUT2D eigenvalue weighted by Crippen LogP contribution is 2.34. The Balaban J connectivity index is 1.55. The normalized spacial score (nSPS) is 11.6. The van der Waals surface area contributed by atoms with Gasteiger partial charge in [-0.25, -0.2) is 13.4 Å². The summed E-state index contributed by atoms with van der Waals surface area (Å²) in [6, 6.07) is 13.9. The maximum absolute atomic E-state index is 13.3. The van der Waals surface area contributed by atoms with Gasteiger partial charge in [-0.2, -0.15) is 0 Å². The van der Waals surface area contributed by atoms with Gasteiger partial charge in [-0.05, 0) is 67.3 Å². The number of aromatic nitrogens is 2. The van der Waals surface area contributed by atoms with Gasteiger partial charge in [-0.1, -0.05) is 41.1 Å². The van der Waals surface area contributed by atoms with Crippen LogP contribution in [0.3, 0.4) is 0 Å². The lowest BCUT2D eigenvalue weighted by Gasteiger charge is -2.20. The highest BCUT2D eigenvalue weighted by molar-refractivity contribution is 7.91. The number of halogens is 1. The average Bonchev–Trinajstić information content (AvgIpc) is 3.27. The van der Waals surface area contributed by atoms with Crippen molar-refractivity contribution in [2.45, 2.75) is 38.1 Å². The van der Waals surface area contributed by atoms with Crippen LogP contribution in [0.4, 0.5) is 5.13 Å². The number of hydrogen-bond acceptors (Lipinski definition) is 6. The van der Waals surface area contributed by atoms with E-state index in [0.29, 0.717) is 16.7 Å². The van der Waals surface area contributed by atoms with Crippen molar-refractivity contribution in [3.8, 4) is 0 Å². The Bertz CT molecular complexity index is 1380. The van der Waals surface area contributed by atoms with Crippen LogP contribution >= 0.6 is 22.9 Å². The lowest BCUT2D eigenvalue weighted by molar-refractivity contribution is -0.118. The Kier molecular flexibility index (Phi) is 7.30. The number of fused-ring (bicyclic) bond motifs is 1. The number of carbonyl (C=O) groups is 1. The van der Waals surface area contributed by atoms with Gasteiger partial charge < -0.3 is 0 Å². The predicted molar refractivity (Wildman–Crippen MR) is 137 cm³/mol. The van der Waals surface area contributed by atoms with Crippen molar-refractivity contribution in [3.05, 3.63) is 82.6 Å². The number of benzene rings is 2. The van der Waals surface area contributed by atoms with Crippen LogP contribution in [-0.2, 0) is 21.2 Å². The number of anilines is 1. The molecule has 0 N–H and O–H groups in total. The summed E-state index contributed by atoms with van der Waals surface area (Å²) in [6.45, 7) is 4.34. The fourth-order valence-corrected chi connectivity index (χ4v) is 6.17. The standard InChI is InChI=1S/C25H24ClN3O3S2/c1-17-7-8-18(2)24-23(17)28-25(33-24)29(16-19-5-3-13-27-15-19)22(30)6-4-14-34(31,32)21-11-9-20(26)10-12-21/h3,5,7-13,15H,4,6,14,16H2,1-2H3. The summed E-state index contributed by atoms with van der Waals surface area (Å²) < 4.78 is 26.4. The van der Waals surface area contributed by atoms with Gasteiger partial charge >= 0.3 is 0 Å². The van der Waals surface area contributed by atoms with Crippen molar-refractivity contribution in [1.82, 2.24) is 9.97 Å². The fourth-order valence-electron chi connectivity index (χ4n) is 3.61. The molecule has 9 heteroatoms. The highest BCUT2D eigenvalue weighted by atomic mass is 35.5. The number of amides is 1. The molecule has 0 bridgehead atoms. The minimum atomic E-state index is -3.51. The average molecular weight is 514 g/mol. The zero-order chi connectivity index (χ0) is 24.3. The molecular formula is C25H24ClN3O3S2. The molecule has 0 saturated carbocycles. The Hall–Kier alpha value is -2.81. The molecule has 0 aliphatic rings. The van der Waals surface area contributed by atoms with Crippen LogP contribution in [0.15, 0.2) is 65.8 Å². The van der Waals surface area contributed by atoms with Crippen LogP contribution in [0.5, 0.6) is 0 Å². The zero-order valence-corrected chi connectivity index (χ0v) is 21.3. The number of pyridine rings is 1. The summed E-state index contributed by atoms with van der Waals surface area (Å²) in [6.07, 6.45) is 3.69. The maximum atomic E-state index is 13.3. The van der Waals surface area contributed by atoms with E-state index in [1.54, 1.807) is 29.4 Å². The van der Waals surface area contributed by atoms with Crippen LogP contribution < -0.4 is 4.90 Å². The Morgan fingerprint density at radius 1 is 1.06 bits per heavy atom. The third-order valence-corrected chi connectivity index (χ3v) is 8.78. The first kappa shape index (κ1) is 24.3. The number of carbonyl (C=O) groups excluding carboxylic acids is 1. The van der Waals surface area contributed by atoms with E-state index < -0.39 is 9.84 Å². The van der Waals surface area contributed by atoms with E-state index in [0.717, 1.165) is 26.9 Å². The van der Waals surface area contributed by atoms with Crippen molar-refractivity contribution in [1.29, 1.82) is 0 Å². The molecule has 0 radical (unpaired) electrons. The van der Waals surface area contributed by atoms with E-state index in [4.69, 9.17) is 16.6 Å². The van der Waals surface area contributed by atoms with Crippen molar-refractivity contribution in [2.24, 2.45) is 0 Å². The summed E-state index contributed by atoms with van der Waals surface area (Å²) in [5.41, 5.74) is 3.91. The van der Waals surface area contributed by atoms with Crippen molar-refractivity contribution < 1.29 is 13.2 Å². The number of rotatable bonds is 8. The molecule has 176 valence electrons. The molecule has 0 atom stereocenters. The second kappa shape index (κ2) is 10.2. The fraction of sp³-hybridized carbons (Fsp3) is 0.240. The first-order valence-corrected chi connectivity index (χ1v) is 13.6. The number of aryl methyl sites for hydroxylation is 2. The molecular weight excluding hydrogens is 490 g/mol. The number of nitrogens with zero attached hydrogens (tertiary/aromatic N) is 3. The van der Waals surface area contributed by atoms with Gasteiger partial charge in [0.25, 0.3) is 0 Å². The molecule has 34 heavy (non-hydrogen) atoms. The second-order valence-electron chi connectivity index (χ2n) is 8.09. The SMILES string of the molecule is Cc1ccc(C)c2sc(N(Cc3cccnc3)C(=O)CCCS(=O)(=O)c3ccc(Cl)cc3)nc12. The molecule has 6 nitrogen and oxygen atoms in total. The van der Waals surface area contributed by atoms with Crippen LogP contribution in [0.25, 0.3) is 10.2 Å². The van der Waals surface area contributed by atoms with Crippen LogP contribution in [-0.4, -0.2) is 30.0 Å². The van der Waals surface area contributed by atoms with Gasteiger partial charge in [0.2, 0.25) is 5.91 Å². The number of sulfone groups is 1. The summed E-state index contributed by atoms with van der Waals surface area (Å²) in [4.78, 5) is 24.1. The van der Waals surface area contributed by atoms with E-state index >= 15 is 0 Å². The first-order valence-electron chi connectivity index (χ1n) is 10.8. The largest absolute Gasteiger partial charge is 0.284 e. The van der Waals surface area contributed by atoms with Crippen LogP contribution in [0.1, 0.15) is 29.5 Å². The van der Waals surface area contributed by atoms with Crippen LogP contribution in [0.2, 0.25) is 5.02 Å². The summed E-state index contributed by atoms with van der Waals surface area (Å²) >= 11 is 7.34. The molecule has 2 aromatic heterocycles. The smallest absolute Gasteiger partial charge is 0.229 e. The van der Waals surface area contributed by atoms with Gasteiger partial charge in [0, 0.05) is 23.8 Å². The van der Waals surface area contributed by atoms with E-state index in [-0.39, 0.29) is 29.4 Å². The summed E-state index contributed by atoms with van der Waals surface area (Å²) in [5.74, 6) is -0.302. The third-order valence-electron chi connectivity index (χ3n) is 5.50. The Morgan fingerprint density at radius 3 is 2.47 bits per heavy atom. The monoisotopic (exact) mass is 513 g/mol. The van der Waals surface area contributed by atoms with E-state index in [1.807, 2.05) is 32.0 Å². The van der Waals surface area contributed by atoms with Gasteiger partial charge in [0.05, 0.1) is 27.4 Å². The minimum absolute atomic E-state index is 0.0843. The lowest BCUT2D eigenvalue weighted by Crippen LogP contribution is -2.30. The summed E-state index contributed by atoms with van der Waals surface area (Å²) in [7, 11) is -3.51. The first-order chi connectivity index (χ1) is 16.2. The Morgan fingerprint density at radius 2 is 1.79 bits per heavy atom. The molecule has 0 fully saturated rings. The van der Waals surface area contributed by atoms with Gasteiger partial charge in [0.15, 0.2) is 15.0 Å². The van der Waals surface area contributed by atoms with Crippen molar-refractivity contribution in [2.75, 3.05) is 10.7 Å². The third kappa shape index (κ3) is 5.46. The minimum Gasteiger partial charge on any atom is -0.284 e. The lowest BCUT2D eigenvalue weighted by atomic mass is 10.1. The quantitative estimate of drug-likeness (QED) is 0.300. The van der Waals surface area contributed by atoms with Crippen molar-refractivity contribution in [3.63, 3.8) is 0 Å². The molecule has 4 aromatic rings. The molecule has 0 aliphatic carbocycles. The molecule has 4 rings (SSSR count). The predicted octanol–water partition coefficient (Wildman–Crippen LogP) is 5.75.